The smallest absolute Gasteiger partial charge is 0.329 e. The summed E-state index contributed by atoms with van der Waals surface area (Å²) in [5.41, 5.74) is 2.00. The van der Waals surface area contributed by atoms with Gasteiger partial charge in [0.1, 0.15) is 6.04 Å². The maximum absolute atomic E-state index is 13.0. The summed E-state index contributed by atoms with van der Waals surface area (Å²) in [6.07, 6.45) is 3.22. The highest BCUT2D eigenvalue weighted by Gasteiger charge is 2.25. The number of benzene rings is 2. The summed E-state index contributed by atoms with van der Waals surface area (Å²) in [5, 5.41) is 6.96. The molecule has 0 fully saturated rings. The van der Waals surface area contributed by atoms with Gasteiger partial charge in [-0.25, -0.2) is 9.78 Å². The maximum Gasteiger partial charge on any atom is 0.329 e. The van der Waals surface area contributed by atoms with Gasteiger partial charge in [0.2, 0.25) is 0 Å². The summed E-state index contributed by atoms with van der Waals surface area (Å²) in [7, 11) is 0. The van der Waals surface area contributed by atoms with Crippen LogP contribution < -0.4 is 10.6 Å². The number of H-pyrrole nitrogens is 1. The van der Waals surface area contributed by atoms with Gasteiger partial charge in [0.15, 0.2) is 12.4 Å². The zero-order valence-corrected chi connectivity index (χ0v) is 20.8. The van der Waals surface area contributed by atoms with Crippen LogP contribution in [0, 0.1) is 0 Å². The van der Waals surface area contributed by atoms with Gasteiger partial charge in [-0.2, -0.15) is 0 Å². The minimum atomic E-state index is -1.07. The van der Waals surface area contributed by atoms with Crippen LogP contribution in [0.25, 0.3) is 10.9 Å². The number of carbonyl (C=O) groups is 3. The number of rotatable bonds is 8. The number of nitrogens with zero attached hydrogens (tertiary/aromatic N) is 1. The molecule has 0 bridgehead atoms. The number of aromatic amines is 1. The van der Waals surface area contributed by atoms with Crippen molar-refractivity contribution in [3.8, 4) is 0 Å². The van der Waals surface area contributed by atoms with Crippen molar-refractivity contribution in [1.29, 1.82) is 0 Å². The van der Waals surface area contributed by atoms with E-state index in [0.29, 0.717) is 15.6 Å². The number of para-hydroxylation sites is 1. The van der Waals surface area contributed by atoms with Gasteiger partial charge in [-0.1, -0.05) is 53.0 Å². The van der Waals surface area contributed by atoms with Crippen LogP contribution in [0.4, 0.5) is 5.82 Å². The number of carbonyl (C=O) groups excluding carboxylic acids is 3. The van der Waals surface area contributed by atoms with Crippen molar-refractivity contribution in [2.24, 2.45) is 0 Å². The molecule has 11 heteroatoms. The second-order valence-electron chi connectivity index (χ2n) is 7.74. The highest BCUT2D eigenvalue weighted by atomic mass is 35.5. The van der Waals surface area contributed by atoms with Crippen molar-refractivity contribution in [1.82, 2.24) is 15.3 Å². The molecular formula is C25H19Cl3N4O4. The molecule has 4 aromatic rings. The van der Waals surface area contributed by atoms with Crippen LogP contribution in [-0.2, 0) is 20.7 Å². The van der Waals surface area contributed by atoms with Crippen molar-refractivity contribution in [2.75, 3.05) is 11.9 Å². The lowest BCUT2D eigenvalue weighted by Crippen LogP contribution is -2.44. The van der Waals surface area contributed by atoms with Crippen LogP contribution in [-0.4, -0.2) is 40.4 Å². The number of amides is 2. The van der Waals surface area contributed by atoms with Crippen molar-refractivity contribution >= 4 is 69.3 Å². The van der Waals surface area contributed by atoms with Gasteiger partial charge in [0, 0.05) is 40.3 Å². The zero-order chi connectivity index (χ0) is 25.7. The van der Waals surface area contributed by atoms with Crippen LogP contribution >= 0.6 is 34.8 Å². The fourth-order valence-corrected chi connectivity index (χ4v) is 4.02. The molecule has 36 heavy (non-hydrogen) atoms. The number of hydrogen-bond acceptors (Lipinski definition) is 5. The molecule has 0 radical (unpaired) electrons. The summed E-state index contributed by atoms with van der Waals surface area (Å²) < 4.78 is 5.22. The summed E-state index contributed by atoms with van der Waals surface area (Å²) in [6, 6.07) is 14.1. The monoisotopic (exact) mass is 544 g/mol. The van der Waals surface area contributed by atoms with Crippen molar-refractivity contribution in [3.05, 3.63) is 93.2 Å². The van der Waals surface area contributed by atoms with Crippen LogP contribution in [0.1, 0.15) is 15.9 Å². The van der Waals surface area contributed by atoms with Gasteiger partial charge in [0.05, 0.1) is 10.0 Å². The van der Waals surface area contributed by atoms with Crippen molar-refractivity contribution < 1.29 is 19.1 Å². The second-order valence-corrected chi connectivity index (χ2v) is 9.02. The Morgan fingerprint density at radius 3 is 2.50 bits per heavy atom. The van der Waals surface area contributed by atoms with E-state index in [2.05, 4.69) is 20.6 Å². The lowest BCUT2D eigenvalue weighted by molar-refractivity contribution is -0.149. The molecule has 0 saturated carbocycles. The van der Waals surface area contributed by atoms with E-state index in [-0.39, 0.29) is 17.3 Å². The number of nitrogens with one attached hydrogen (secondary N) is 3. The van der Waals surface area contributed by atoms with E-state index in [1.165, 1.54) is 12.3 Å². The molecule has 0 aliphatic rings. The number of hydrogen-bond donors (Lipinski definition) is 3. The lowest BCUT2D eigenvalue weighted by Gasteiger charge is -2.18. The summed E-state index contributed by atoms with van der Waals surface area (Å²) >= 11 is 17.7. The van der Waals surface area contributed by atoms with Crippen molar-refractivity contribution in [3.63, 3.8) is 0 Å². The first-order valence-corrected chi connectivity index (χ1v) is 11.8. The SMILES string of the molecule is O=C(COC(=O)[C@H](Cc1c[nH]c2ccccc12)NC(=O)c1ccc(Cl)cc1)Nc1ncc(Cl)cc1Cl. The predicted octanol–water partition coefficient (Wildman–Crippen LogP) is 5.05. The first kappa shape index (κ1) is 25.5. The molecule has 0 aliphatic carbocycles. The van der Waals surface area contributed by atoms with Crippen LogP contribution in [0.5, 0.6) is 0 Å². The number of halogens is 3. The Bertz CT molecular complexity index is 1420. The maximum atomic E-state index is 13.0. The largest absolute Gasteiger partial charge is 0.454 e. The fraction of sp³-hybridized carbons (Fsp3) is 0.120. The van der Waals surface area contributed by atoms with Gasteiger partial charge >= 0.3 is 5.97 Å². The van der Waals surface area contributed by atoms with Crippen LogP contribution in [0.3, 0.4) is 0 Å². The topological polar surface area (TPSA) is 113 Å². The molecule has 3 N–H and O–H groups in total. The Morgan fingerprint density at radius 2 is 1.75 bits per heavy atom. The molecule has 2 aromatic heterocycles. The molecule has 0 spiro atoms. The fourth-order valence-electron chi connectivity index (χ4n) is 3.47. The van der Waals surface area contributed by atoms with E-state index in [1.807, 2.05) is 24.3 Å². The third-order valence-electron chi connectivity index (χ3n) is 5.21. The Hall–Kier alpha value is -3.59. The highest BCUT2D eigenvalue weighted by Crippen LogP contribution is 2.23. The summed E-state index contributed by atoms with van der Waals surface area (Å²) in [6.45, 7) is -0.610. The molecule has 2 aromatic carbocycles. The van der Waals surface area contributed by atoms with Gasteiger partial charge in [-0.3, -0.25) is 9.59 Å². The van der Waals surface area contributed by atoms with Crippen LogP contribution in [0.2, 0.25) is 15.1 Å². The molecule has 0 aliphatic heterocycles. The van der Waals surface area contributed by atoms with E-state index in [4.69, 9.17) is 39.5 Å². The predicted molar refractivity (Wildman–Crippen MR) is 139 cm³/mol. The molecule has 8 nitrogen and oxygen atoms in total. The van der Waals surface area contributed by atoms with Crippen molar-refractivity contribution in [2.45, 2.75) is 12.5 Å². The molecular weight excluding hydrogens is 527 g/mol. The molecule has 184 valence electrons. The Labute approximate surface area is 220 Å². The average Bonchev–Trinajstić information content (AvgIpc) is 3.27. The molecule has 0 unspecified atom stereocenters. The molecule has 2 heterocycles. The molecule has 0 saturated heterocycles. The molecule has 4 rings (SSSR count). The van der Waals surface area contributed by atoms with Gasteiger partial charge < -0.3 is 20.4 Å². The number of esters is 1. The van der Waals surface area contributed by atoms with Crippen LogP contribution in [0.15, 0.2) is 67.0 Å². The Kier molecular flexibility index (Phi) is 8.10. The van der Waals surface area contributed by atoms with E-state index >= 15 is 0 Å². The number of ether oxygens (including phenoxy) is 1. The van der Waals surface area contributed by atoms with Gasteiger partial charge in [-0.05, 0) is 42.0 Å². The summed E-state index contributed by atoms with van der Waals surface area (Å²) in [4.78, 5) is 45.2. The zero-order valence-electron chi connectivity index (χ0n) is 18.6. The van der Waals surface area contributed by atoms with E-state index in [1.54, 1.807) is 30.5 Å². The van der Waals surface area contributed by atoms with E-state index in [0.717, 1.165) is 16.5 Å². The minimum Gasteiger partial charge on any atom is -0.454 e. The minimum absolute atomic E-state index is 0.0773. The number of anilines is 1. The number of pyridine rings is 1. The first-order valence-electron chi connectivity index (χ1n) is 10.7. The lowest BCUT2D eigenvalue weighted by atomic mass is 10.0. The Balaban J connectivity index is 1.47. The average molecular weight is 546 g/mol. The van der Waals surface area contributed by atoms with Gasteiger partial charge in [0.25, 0.3) is 11.8 Å². The summed E-state index contributed by atoms with van der Waals surface area (Å²) in [5.74, 6) is -1.86. The molecule has 2 amide bonds. The third kappa shape index (κ3) is 6.34. The van der Waals surface area contributed by atoms with E-state index in [9.17, 15) is 14.4 Å². The number of aromatic nitrogens is 2. The van der Waals surface area contributed by atoms with E-state index < -0.39 is 30.4 Å². The third-order valence-corrected chi connectivity index (χ3v) is 5.95. The normalized spacial score (nSPS) is 11.6. The number of fused-ring (bicyclic) bond motifs is 1. The molecule has 1 atom stereocenters. The van der Waals surface area contributed by atoms with Gasteiger partial charge in [-0.15, -0.1) is 0 Å². The second kappa shape index (κ2) is 11.4. The highest BCUT2D eigenvalue weighted by molar-refractivity contribution is 6.36. The Morgan fingerprint density at radius 1 is 1.00 bits per heavy atom. The standard InChI is InChI=1S/C25H19Cl3N4O4/c26-16-7-5-14(6-8-16)24(34)31-21(9-15-11-29-20-4-2-1-3-18(15)20)25(35)36-13-22(33)32-23-19(28)10-17(27)12-30-23/h1-8,10-12,21,29H,9,13H2,(H,31,34)(H,30,32,33)/t21-/m0/s1. The quantitative estimate of drug-likeness (QED) is 0.268. The first-order chi connectivity index (χ1) is 17.3.